The van der Waals surface area contributed by atoms with Gasteiger partial charge in [0.1, 0.15) is 12.2 Å². The van der Waals surface area contributed by atoms with Gasteiger partial charge in [-0.05, 0) is 41.1 Å². The Balaban J connectivity index is 1.99. The molecule has 1 aromatic heterocycles. The van der Waals surface area contributed by atoms with Crippen LogP contribution in [0.25, 0.3) is 0 Å². The van der Waals surface area contributed by atoms with Gasteiger partial charge in [0.05, 0.1) is 18.3 Å². The van der Waals surface area contributed by atoms with Crippen LogP contribution < -0.4 is 5.32 Å². The summed E-state index contributed by atoms with van der Waals surface area (Å²) in [5.74, 6) is -1.19. The second kappa shape index (κ2) is 6.66. The number of carbonyl (C=O) groups is 2. The van der Waals surface area contributed by atoms with E-state index < -0.39 is 5.97 Å². The van der Waals surface area contributed by atoms with Crippen molar-refractivity contribution in [1.82, 2.24) is 20.3 Å². The fourth-order valence-electron chi connectivity index (χ4n) is 1.72. The van der Waals surface area contributed by atoms with E-state index in [-0.39, 0.29) is 19.0 Å². The molecule has 1 aromatic carbocycles. The van der Waals surface area contributed by atoms with Crippen LogP contribution in [-0.4, -0.2) is 32.0 Å². The number of hydrogen-bond acceptors (Lipinski definition) is 4. The molecule has 2 N–H and O–H groups in total. The molecule has 2 rings (SSSR count). The van der Waals surface area contributed by atoms with Crippen LogP contribution in [0.15, 0.2) is 24.4 Å². The highest BCUT2D eigenvalue weighted by Gasteiger charge is 2.12. The maximum Gasteiger partial charge on any atom is 0.325 e. The maximum atomic E-state index is 12.1. The minimum atomic E-state index is -0.996. The van der Waals surface area contributed by atoms with Crippen LogP contribution in [0.1, 0.15) is 21.6 Å². The monoisotopic (exact) mass is 400 g/mol. The number of carboxylic acid groups (broad SMARTS) is 1. The first kappa shape index (κ1) is 15.4. The topological polar surface area (TPSA) is 97.1 Å². The van der Waals surface area contributed by atoms with Crippen LogP contribution in [0.4, 0.5) is 0 Å². The van der Waals surface area contributed by atoms with Gasteiger partial charge in [0.15, 0.2) is 0 Å². The predicted octanol–water partition coefficient (Wildman–Crippen LogP) is 1.21. The van der Waals surface area contributed by atoms with Gasteiger partial charge >= 0.3 is 5.97 Å². The molecule has 0 atom stereocenters. The Morgan fingerprint density at radius 1 is 1.43 bits per heavy atom. The third-order valence-electron chi connectivity index (χ3n) is 2.75. The molecule has 0 aliphatic rings. The molecule has 0 radical (unpaired) electrons. The minimum Gasteiger partial charge on any atom is -0.480 e. The van der Waals surface area contributed by atoms with Gasteiger partial charge in [-0.15, -0.1) is 5.10 Å². The fourth-order valence-corrected chi connectivity index (χ4v) is 2.33. The van der Waals surface area contributed by atoms with Crippen LogP contribution in [0.2, 0.25) is 0 Å². The summed E-state index contributed by atoms with van der Waals surface area (Å²) in [4.78, 5) is 22.6. The van der Waals surface area contributed by atoms with Crippen LogP contribution in [0, 0.1) is 10.5 Å². The van der Waals surface area contributed by atoms with Crippen molar-refractivity contribution < 1.29 is 14.7 Å². The molecule has 0 aliphatic heterocycles. The summed E-state index contributed by atoms with van der Waals surface area (Å²) in [6.45, 7) is 1.88. The molecule has 0 spiro atoms. The lowest BCUT2D eigenvalue weighted by Crippen LogP contribution is -2.24. The standard InChI is InChI=1S/C13H13IN4O3/c1-8-3-2-4-10(12(8)14)13(21)15-5-9-6-18(17-16-9)7-11(19)20/h2-4,6H,5,7H2,1H3,(H,15,21)(H,19,20). The lowest BCUT2D eigenvalue weighted by Gasteiger charge is -2.07. The number of rotatable bonds is 5. The highest BCUT2D eigenvalue weighted by atomic mass is 127. The highest BCUT2D eigenvalue weighted by molar-refractivity contribution is 14.1. The van der Waals surface area contributed by atoms with E-state index in [0.29, 0.717) is 11.3 Å². The van der Waals surface area contributed by atoms with Crippen LogP contribution >= 0.6 is 22.6 Å². The lowest BCUT2D eigenvalue weighted by molar-refractivity contribution is -0.137. The summed E-state index contributed by atoms with van der Waals surface area (Å²) in [6, 6.07) is 5.52. The molecule has 1 amide bonds. The molecule has 0 bridgehead atoms. The van der Waals surface area contributed by atoms with Crippen molar-refractivity contribution in [3.05, 3.63) is 44.8 Å². The zero-order valence-corrected chi connectivity index (χ0v) is 13.4. The van der Waals surface area contributed by atoms with Gasteiger partial charge in [-0.3, -0.25) is 9.59 Å². The molecule has 0 fully saturated rings. The van der Waals surface area contributed by atoms with Gasteiger partial charge in [-0.1, -0.05) is 17.3 Å². The van der Waals surface area contributed by atoms with E-state index in [2.05, 4.69) is 38.2 Å². The van der Waals surface area contributed by atoms with E-state index in [0.717, 1.165) is 9.13 Å². The summed E-state index contributed by atoms with van der Waals surface area (Å²) in [5, 5.41) is 18.9. The second-order valence-electron chi connectivity index (χ2n) is 4.42. The predicted molar refractivity (Wildman–Crippen MR) is 82.7 cm³/mol. The van der Waals surface area contributed by atoms with Gasteiger partial charge in [-0.25, -0.2) is 4.68 Å². The van der Waals surface area contributed by atoms with Gasteiger partial charge in [0, 0.05) is 3.57 Å². The Labute approximate surface area is 134 Å². The zero-order valence-electron chi connectivity index (χ0n) is 11.2. The van der Waals surface area contributed by atoms with Gasteiger partial charge < -0.3 is 10.4 Å². The Kier molecular flexibility index (Phi) is 4.89. The first-order valence-corrected chi connectivity index (χ1v) is 7.19. The fraction of sp³-hybridized carbons (Fsp3) is 0.231. The first-order chi connectivity index (χ1) is 9.97. The minimum absolute atomic E-state index is 0.197. The van der Waals surface area contributed by atoms with Crippen molar-refractivity contribution in [3.63, 3.8) is 0 Å². The molecule has 110 valence electrons. The number of carbonyl (C=O) groups excluding carboxylic acids is 1. The average Bonchev–Trinajstić information content (AvgIpc) is 2.86. The number of amides is 1. The van der Waals surface area contributed by atoms with E-state index in [1.165, 1.54) is 10.9 Å². The van der Waals surface area contributed by atoms with E-state index in [1.807, 2.05) is 19.1 Å². The number of hydrogen-bond donors (Lipinski definition) is 2. The average molecular weight is 400 g/mol. The SMILES string of the molecule is Cc1cccc(C(=O)NCc2cn(CC(=O)O)nn2)c1I. The third kappa shape index (κ3) is 4.00. The number of benzene rings is 1. The number of carboxylic acids is 1. The molecule has 0 saturated heterocycles. The number of nitrogens with zero attached hydrogens (tertiary/aromatic N) is 3. The number of aryl methyl sites for hydroxylation is 1. The smallest absolute Gasteiger partial charge is 0.325 e. The third-order valence-corrected chi connectivity index (χ3v) is 4.18. The molecular weight excluding hydrogens is 387 g/mol. The van der Waals surface area contributed by atoms with E-state index in [4.69, 9.17) is 5.11 Å². The van der Waals surface area contributed by atoms with E-state index in [1.54, 1.807) is 6.07 Å². The molecule has 8 heteroatoms. The van der Waals surface area contributed by atoms with Gasteiger partial charge in [0.2, 0.25) is 0 Å². The summed E-state index contributed by atoms with van der Waals surface area (Å²) >= 11 is 2.13. The van der Waals surface area contributed by atoms with Crippen molar-refractivity contribution >= 4 is 34.5 Å². The Bertz CT molecular complexity index is 684. The number of aliphatic carboxylic acids is 1. The van der Waals surface area contributed by atoms with E-state index >= 15 is 0 Å². The number of halogens is 1. The van der Waals surface area contributed by atoms with Crippen LogP contribution in [-0.2, 0) is 17.9 Å². The molecule has 0 unspecified atom stereocenters. The maximum absolute atomic E-state index is 12.1. The molecular formula is C13H13IN4O3. The summed E-state index contributed by atoms with van der Waals surface area (Å²) in [7, 11) is 0. The summed E-state index contributed by atoms with van der Waals surface area (Å²) in [5.41, 5.74) is 2.15. The Hall–Kier alpha value is -1.97. The van der Waals surface area contributed by atoms with Gasteiger partial charge in [-0.2, -0.15) is 0 Å². The largest absolute Gasteiger partial charge is 0.480 e. The molecule has 0 aliphatic carbocycles. The molecule has 21 heavy (non-hydrogen) atoms. The van der Waals surface area contributed by atoms with Crippen molar-refractivity contribution in [2.45, 2.75) is 20.0 Å². The first-order valence-electron chi connectivity index (χ1n) is 6.11. The van der Waals surface area contributed by atoms with Crippen molar-refractivity contribution in [1.29, 1.82) is 0 Å². The Morgan fingerprint density at radius 2 is 2.19 bits per heavy atom. The number of nitrogens with one attached hydrogen (secondary N) is 1. The quantitative estimate of drug-likeness (QED) is 0.736. The lowest BCUT2D eigenvalue weighted by atomic mass is 10.1. The summed E-state index contributed by atoms with van der Waals surface area (Å²) < 4.78 is 2.11. The van der Waals surface area contributed by atoms with Crippen LogP contribution in [0.3, 0.4) is 0 Å². The van der Waals surface area contributed by atoms with Gasteiger partial charge in [0.25, 0.3) is 5.91 Å². The van der Waals surface area contributed by atoms with Crippen molar-refractivity contribution in [2.75, 3.05) is 0 Å². The highest BCUT2D eigenvalue weighted by Crippen LogP contribution is 2.16. The summed E-state index contributed by atoms with van der Waals surface area (Å²) in [6.07, 6.45) is 1.50. The second-order valence-corrected chi connectivity index (χ2v) is 5.50. The van der Waals surface area contributed by atoms with Crippen LogP contribution in [0.5, 0.6) is 0 Å². The van der Waals surface area contributed by atoms with Crippen molar-refractivity contribution in [2.24, 2.45) is 0 Å². The molecule has 1 heterocycles. The number of aromatic nitrogens is 3. The van der Waals surface area contributed by atoms with E-state index in [9.17, 15) is 9.59 Å². The normalized spacial score (nSPS) is 10.4. The zero-order chi connectivity index (χ0) is 15.4. The molecule has 2 aromatic rings. The van der Waals surface area contributed by atoms with Crippen molar-refractivity contribution in [3.8, 4) is 0 Å². The molecule has 0 saturated carbocycles. The Morgan fingerprint density at radius 3 is 2.90 bits per heavy atom. The molecule has 7 nitrogen and oxygen atoms in total.